The number of aryl methyl sites for hydroxylation is 1. The van der Waals surface area contributed by atoms with Crippen LogP contribution in [0, 0.1) is 6.92 Å². The van der Waals surface area contributed by atoms with E-state index in [1.165, 1.54) is 10.4 Å². The summed E-state index contributed by atoms with van der Waals surface area (Å²) < 4.78 is 5.11. The Labute approximate surface area is 130 Å². The zero-order valence-corrected chi connectivity index (χ0v) is 14.2. The Balaban J connectivity index is 2.30. The number of ether oxygens (including phenoxy) is 1. The van der Waals surface area contributed by atoms with Gasteiger partial charge in [0.15, 0.2) is 0 Å². The van der Waals surface area contributed by atoms with Crippen LogP contribution in [-0.2, 0) is 16.1 Å². The summed E-state index contributed by atoms with van der Waals surface area (Å²) in [5.74, 6) is -0.00106. The number of hydrogen-bond acceptors (Lipinski definition) is 4. The molecule has 0 saturated carbocycles. The number of amides is 2. The van der Waals surface area contributed by atoms with Crippen molar-refractivity contribution in [2.24, 2.45) is 0 Å². The van der Waals surface area contributed by atoms with E-state index in [1.807, 2.05) is 18.4 Å². The molecule has 0 unspecified atom stereocenters. The molecule has 21 heavy (non-hydrogen) atoms. The maximum absolute atomic E-state index is 12.0. The molecule has 1 aromatic rings. The first kappa shape index (κ1) is 17.5. The van der Waals surface area contributed by atoms with E-state index in [9.17, 15) is 9.59 Å². The molecule has 0 saturated heterocycles. The number of nitrogens with zero attached hydrogens (tertiary/aromatic N) is 1. The van der Waals surface area contributed by atoms with Gasteiger partial charge in [0.25, 0.3) is 0 Å². The fourth-order valence-corrected chi connectivity index (χ4v) is 2.60. The molecule has 0 aliphatic rings. The Kier molecular flexibility index (Phi) is 6.20. The van der Waals surface area contributed by atoms with E-state index in [-0.39, 0.29) is 18.9 Å². The fourth-order valence-electron chi connectivity index (χ4n) is 1.65. The monoisotopic (exact) mass is 312 g/mol. The van der Waals surface area contributed by atoms with Gasteiger partial charge in [-0.25, -0.2) is 4.79 Å². The van der Waals surface area contributed by atoms with Gasteiger partial charge in [-0.3, -0.25) is 4.79 Å². The smallest absolute Gasteiger partial charge is 0.407 e. The summed E-state index contributed by atoms with van der Waals surface area (Å²) in [6, 6.07) is 2.04. The van der Waals surface area contributed by atoms with Gasteiger partial charge in [-0.15, -0.1) is 11.3 Å². The van der Waals surface area contributed by atoms with E-state index < -0.39 is 11.7 Å². The molecule has 1 rings (SSSR count). The first-order chi connectivity index (χ1) is 9.69. The Hall–Kier alpha value is -1.56. The topological polar surface area (TPSA) is 58.6 Å². The zero-order valence-electron chi connectivity index (χ0n) is 13.4. The van der Waals surface area contributed by atoms with Crippen LogP contribution in [-0.4, -0.2) is 36.1 Å². The van der Waals surface area contributed by atoms with Crippen LogP contribution >= 0.6 is 11.3 Å². The molecule has 0 aromatic carbocycles. The standard InChI is InChI=1S/C15H24N2O3S/c1-11-7-9-21-12(11)10-17(5)13(18)6-8-16-14(19)20-15(2,3)4/h7,9H,6,8,10H2,1-5H3,(H,16,19). The van der Waals surface area contributed by atoms with Gasteiger partial charge in [-0.05, 0) is 44.7 Å². The first-order valence-corrected chi connectivity index (χ1v) is 7.81. The van der Waals surface area contributed by atoms with Crippen LogP contribution in [0.3, 0.4) is 0 Å². The molecule has 0 aliphatic carbocycles. The SMILES string of the molecule is Cc1ccsc1CN(C)C(=O)CCNC(=O)OC(C)(C)C. The molecule has 0 spiro atoms. The van der Waals surface area contributed by atoms with E-state index in [1.54, 1.807) is 44.1 Å². The number of hydrogen-bond donors (Lipinski definition) is 1. The third kappa shape index (κ3) is 6.62. The van der Waals surface area contributed by atoms with Crippen LogP contribution in [0.5, 0.6) is 0 Å². The number of carbonyl (C=O) groups is 2. The van der Waals surface area contributed by atoms with Crippen molar-refractivity contribution in [1.82, 2.24) is 10.2 Å². The number of carbonyl (C=O) groups excluding carboxylic acids is 2. The predicted molar refractivity (Wildman–Crippen MR) is 84.4 cm³/mol. The minimum absolute atomic E-state index is 0.00106. The van der Waals surface area contributed by atoms with E-state index in [4.69, 9.17) is 4.74 Å². The number of alkyl carbamates (subject to hydrolysis) is 1. The molecule has 0 radical (unpaired) electrons. The van der Waals surface area contributed by atoms with Gasteiger partial charge in [0.05, 0.1) is 6.54 Å². The minimum Gasteiger partial charge on any atom is -0.444 e. The van der Waals surface area contributed by atoms with E-state index in [2.05, 4.69) is 5.32 Å². The van der Waals surface area contributed by atoms with Gasteiger partial charge < -0.3 is 15.0 Å². The molecule has 0 aliphatic heterocycles. The Morgan fingerprint density at radius 3 is 2.57 bits per heavy atom. The molecule has 0 bridgehead atoms. The van der Waals surface area contributed by atoms with E-state index >= 15 is 0 Å². The first-order valence-electron chi connectivity index (χ1n) is 6.93. The van der Waals surface area contributed by atoms with E-state index in [0.29, 0.717) is 6.54 Å². The molecular weight excluding hydrogens is 288 g/mol. The molecule has 6 heteroatoms. The van der Waals surface area contributed by atoms with Crippen LogP contribution < -0.4 is 5.32 Å². The number of thiophene rings is 1. The maximum atomic E-state index is 12.0. The van der Waals surface area contributed by atoms with Crippen molar-refractivity contribution >= 4 is 23.3 Å². The normalized spacial score (nSPS) is 11.1. The second-order valence-electron chi connectivity index (χ2n) is 5.96. The average molecular weight is 312 g/mol. The lowest BCUT2D eigenvalue weighted by Gasteiger charge is -2.20. The van der Waals surface area contributed by atoms with Gasteiger partial charge in [-0.2, -0.15) is 0 Å². The molecule has 118 valence electrons. The van der Waals surface area contributed by atoms with Crippen molar-refractivity contribution < 1.29 is 14.3 Å². The van der Waals surface area contributed by atoms with Gasteiger partial charge in [-0.1, -0.05) is 0 Å². The van der Waals surface area contributed by atoms with Gasteiger partial charge in [0.2, 0.25) is 5.91 Å². The van der Waals surface area contributed by atoms with Crippen molar-refractivity contribution in [2.75, 3.05) is 13.6 Å². The Morgan fingerprint density at radius 1 is 1.38 bits per heavy atom. The van der Waals surface area contributed by atoms with Gasteiger partial charge in [0, 0.05) is 24.9 Å². The summed E-state index contributed by atoms with van der Waals surface area (Å²) >= 11 is 1.65. The highest BCUT2D eigenvalue weighted by atomic mass is 32.1. The Morgan fingerprint density at radius 2 is 2.05 bits per heavy atom. The number of nitrogens with one attached hydrogen (secondary N) is 1. The minimum atomic E-state index is -0.526. The lowest BCUT2D eigenvalue weighted by atomic mass is 10.2. The molecule has 1 aromatic heterocycles. The Bertz CT molecular complexity index is 491. The summed E-state index contributed by atoms with van der Waals surface area (Å²) in [4.78, 5) is 26.3. The molecule has 2 amide bonds. The summed E-state index contributed by atoms with van der Waals surface area (Å²) in [6.07, 6.45) is -0.229. The maximum Gasteiger partial charge on any atom is 0.407 e. The molecule has 1 heterocycles. The second kappa shape index (κ2) is 7.45. The van der Waals surface area contributed by atoms with Crippen molar-refractivity contribution in [1.29, 1.82) is 0 Å². The molecule has 0 fully saturated rings. The van der Waals surface area contributed by atoms with Crippen molar-refractivity contribution in [3.63, 3.8) is 0 Å². The van der Waals surface area contributed by atoms with Crippen molar-refractivity contribution in [2.45, 2.75) is 46.3 Å². The average Bonchev–Trinajstić information content (AvgIpc) is 2.72. The summed E-state index contributed by atoms with van der Waals surface area (Å²) in [7, 11) is 1.77. The highest BCUT2D eigenvalue weighted by Crippen LogP contribution is 2.17. The summed E-state index contributed by atoms with van der Waals surface area (Å²) in [6.45, 7) is 8.32. The van der Waals surface area contributed by atoms with Crippen LogP contribution in [0.2, 0.25) is 0 Å². The van der Waals surface area contributed by atoms with Crippen LogP contribution in [0.15, 0.2) is 11.4 Å². The highest BCUT2D eigenvalue weighted by molar-refractivity contribution is 7.10. The molecule has 0 atom stereocenters. The largest absolute Gasteiger partial charge is 0.444 e. The molecule has 1 N–H and O–H groups in total. The van der Waals surface area contributed by atoms with Gasteiger partial charge in [0.1, 0.15) is 5.60 Å². The fraction of sp³-hybridized carbons (Fsp3) is 0.600. The quantitative estimate of drug-likeness (QED) is 0.909. The van der Waals surface area contributed by atoms with Gasteiger partial charge >= 0.3 is 6.09 Å². The summed E-state index contributed by atoms with van der Waals surface area (Å²) in [5, 5.41) is 4.61. The predicted octanol–water partition coefficient (Wildman–Crippen LogP) is 2.93. The van der Waals surface area contributed by atoms with Crippen LogP contribution in [0.4, 0.5) is 4.79 Å². The van der Waals surface area contributed by atoms with Crippen molar-refractivity contribution in [3.8, 4) is 0 Å². The third-order valence-electron chi connectivity index (χ3n) is 2.78. The second-order valence-corrected chi connectivity index (χ2v) is 6.96. The highest BCUT2D eigenvalue weighted by Gasteiger charge is 2.16. The zero-order chi connectivity index (χ0) is 16.0. The van der Waals surface area contributed by atoms with Crippen LogP contribution in [0.25, 0.3) is 0 Å². The van der Waals surface area contributed by atoms with Crippen LogP contribution in [0.1, 0.15) is 37.6 Å². The third-order valence-corrected chi connectivity index (χ3v) is 3.79. The lowest BCUT2D eigenvalue weighted by Crippen LogP contribution is -2.35. The lowest BCUT2D eigenvalue weighted by molar-refractivity contribution is -0.130. The number of rotatable bonds is 5. The van der Waals surface area contributed by atoms with Crippen molar-refractivity contribution in [3.05, 3.63) is 21.9 Å². The molecular formula is C15H24N2O3S. The molecule has 5 nitrogen and oxygen atoms in total. The summed E-state index contributed by atoms with van der Waals surface area (Å²) in [5.41, 5.74) is 0.674. The van der Waals surface area contributed by atoms with E-state index in [0.717, 1.165) is 0 Å².